The van der Waals surface area contributed by atoms with E-state index in [1.165, 1.54) is 28.4 Å². The summed E-state index contributed by atoms with van der Waals surface area (Å²) in [7, 11) is 0. The van der Waals surface area contributed by atoms with Crippen molar-refractivity contribution in [3.63, 3.8) is 0 Å². The fourth-order valence-corrected chi connectivity index (χ4v) is 10.3. The summed E-state index contributed by atoms with van der Waals surface area (Å²) in [5.41, 5.74) is 0. The molecule has 0 saturated heterocycles. The monoisotopic (exact) mass is 380 g/mol. The summed E-state index contributed by atoms with van der Waals surface area (Å²) in [6.45, 7) is 8.80. The summed E-state index contributed by atoms with van der Waals surface area (Å²) < 4.78 is 27.4. The Hall–Kier alpha value is 1.26. The predicted molar refractivity (Wildman–Crippen MR) is 84.2 cm³/mol. The van der Waals surface area contributed by atoms with Gasteiger partial charge in [-0.3, -0.25) is 4.39 Å². The Balaban J connectivity index is 0. The summed E-state index contributed by atoms with van der Waals surface area (Å²) in [6, 6.07) is 0. The zero-order valence-corrected chi connectivity index (χ0v) is 17.4. The Morgan fingerprint density at radius 2 is 1.33 bits per heavy atom. The standard InChI is InChI=1S/2C3H6F.4C2H5.Al.In/c2*1-2-3-4;4*1-2;;/h2*1-3H2;4*1H2,2H3;;. The fraction of sp³-hybridized carbons (Fsp3) is 1.00. The number of hydrogen-bond acceptors (Lipinski definition) is 0. The van der Waals surface area contributed by atoms with Gasteiger partial charge in [-0.25, -0.2) is 0 Å². The first-order valence-electron chi connectivity index (χ1n) is 7.81. The van der Waals surface area contributed by atoms with Crippen molar-refractivity contribution >= 4 is 35.6 Å². The van der Waals surface area contributed by atoms with Gasteiger partial charge < -0.3 is 0 Å². The van der Waals surface area contributed by atoms with Crippen LogP contribution in [-0.2, 0) is 0 Å². The van der Waals surface area contributed by atoms with Crippen molar-refractivity contribution in [1.29, 1.82) is 0 Å². The third kappa shape index (κ3) is 15.3. The van der Waals surface area contributed by atoms with E-state index in [1.807, 2.05) is 0 Å². The van der Waals surface area contributed by atoms with Crippen molar-refractivity contribution in [2.24, 2.45) is 0 Å². The molecule has 0 heterocycles. The molecule has 0 saturated carbocycles. The molecule has 0 aromatic rings. The van der Waals surface area contributed by atoms with E-state index in [-0.39, 0.29) is 13.3 Å². The van der Waals surface area contributed by atoms with Crippen LogP contribution in [0.15, 0.2) is 0 Å². The minimum atomic E-state index is -1.07. The van der Waals surface area contributed by atoms with E-state index in [4.69, 9.17) is 0 Å². The van der Waals surface area contributed by atoms with Crippen LogP contribution in [0.3, 0.4) is 0 Å². The second kappa shape index (κ2) is 18.3. The van der Waals surface area contributed by atoms with E-state index in [1.54, 1.807) is 0 Å². The molecule has 0 atom stereocenters. The van der Waals surface area contributed by atoms with Crippen molar-refractivity contribution in [3.8, 4) is 0 Å². The number of hydrogen-bond donors (Lipinski definition) is 0. The first kappa shape index (κ1) is 21.6. The van der Waals surface area contributed by atoms with Crippen LogP contribution in [-0.4, -0.2) is 48.9 Å². The van der Waals surface area contributed by atoms with Crippen LogP contribution >= 0.6 is 0 Å². The molecule has 0 nitrogen and oxygen atoms in total. The molecule has 0 aliphatic heterocycles. The number of alkyl halides is 2. The summed E-state index contributed by atoms with van der Waals surface area (Å²) >= 11 is -1.52. The molecule has 0 rings (SSSR count). The molecule has 0 radical (unpaired) electrons. The second-order valence-electron chi connectivity index (χ2n) is 5.03. The van der Waals surface area contributed by atoms with E-state index in [2.05, 4.69) is 27.7 Å². The fourth-order valence-electron chi connectivity index (χ4n) is 2.13. The molecule has 0 N–H and O–H groups in total. The molecule has 0 spiro atoms. The first-order valence-corrected chi connectivity index (χ1v) is 17.3. The molecule has 0 aliphatic rings. The number of halogens is 2. The molecule has 0 aromatic carbocycles. The van der Waals surface area contributed by atoms with Crippen molar-refractivity contribution in [1.82, 2.24) is 0 Å². The van der Waals surface area contributed by atoms with E-state index < -0.39 is 35.6 Å². The van der Waals surface area contributed by atoms with Crippen molar-refractivity contribution in [2.75, 3.05) is 13.3 Å². The molecule has 0 bridgehead atoms. The van der Waals surface area contributed by atoms with Gasteiger partial charge in [0.15, 0.2) is 0 Å². The SMILES string of the molecule is C[CH2][Al]([CH2]C)[CH2]CCF.C[CH2][In]([CH2]C)[CH2]CCF. The maximum atomic E-state index is 11.7. The van der Waals surface area contributed by atoms with Crippen LogP contribution in [0.4, 0.5) is 8.78 Å². The zero-order valence-electron chi connectivity index (χ0n) is 13.0. The molecule has 18 heavy (non-hydrogen) atoms. The van der Waals surface area contributed by atoms with Crippen LogP contribution < -0.4 is 0 Å². The average Bonchev–Trinajstić information content (AvgIpc) is 2.42. The van der Waals surface area contributed by atoms with Crippen molar-refractivity contribution in [3.05, 3.63) is 0 Å². The Kier molecular flexibility index (Phi) is 21.9. The molecule has 4 heteroatoms. The second-order valence-corrected chi connectivity index (χ2v) is 20.2. The third-order valence-electron chi connectivity index (χ3n) is 3.80. The molecule has 0 aliphatic carbocycles. The van der Waals surface area contributed by atoms with Crippen LogP contribution in [0.5, 0.6) is 0 Å². The predicted octanol–water partition coefficient (Wildman–Crippen LogP) is 5.76. The van der Waals surface area contributed by atoms with Crippen LogP contribution in [0.25, 0.3) is 0 Å². The van der Waals surface area contributed by atoms with Gasteiger partial charge in [-0.05, 0) is 6.42 Å². The summed E-state index contributed by atoms with van der Waals surface area (Å²) in [5.74, 6) is 0. The Morgan fingerprint density at radius 3 is 1.67 bits per heavy atom. The van der Waals surface area contributed by atoms with Gasteiger partial charge in [-0.15, -0.1) is 0 Å². The molecule has 0 aromatic heterocycles. The summed E-state index contributed by atoms with van der Waals surface area (Å²) in [4.78, 5) is 0. The van der Waals surface area contributed by atoms with Gasteiger partial charge in [-0.1, -0.05) is 29.7 Å². The Morgan fingerprint density at radius 1 is 0.833 bits per heavy atom. The molecule has 0 unspecified atom stereocenters. The van der Waals surface area contributed by atoms with Crippen LogP contribution in [0.1, 0.15) is 40.5 Å². The average molecular weight is 380 g/mol. The normalized spacial score (nSPS) is 9.67. The minimum absolute atomic E-state index is 0.0899. The Labute approximate surface area is 126 Å². The zero-order chi connectivity index (χ0) is 14.2. The van der Waals surface area contributed by atoms with Crippen LogP contribution in [0, 0.1) is 0 Å². The van der Waals surface area contributed by atoms with E-state index >= 15 is 0 Å². The topological polar surface area (TPSA) is 0 Å². The van der Waals surface area contributed by atoms with Crippen molar-refractivity contribution < 1.29 is 8.78 Å². The molecule has 108 valence electrons. The number of rotatable bonds is 10. The molecular weight excluding hydrogens is 348 g/mol. The van der Waals surface area contributed by atoms with Gasteiger partial charge in [-0.2, -0.15) is 0 Å². The summed E-state index contributed by atoms with van der Waals surface area (Å²) in [5, 5.41) is 3.90. The van der Waals surface area contributed by atoms with Gasteiger partial charge in [0.25, 0.3) is 14.1 Å². The van der Waals surface area contributed by atoms with Gasteiger partial charge in [0.2, 0.25) is 0 Å². The first-order chi connectivity index (χ1) is 8.69. The molecular formula is C14H32AlF2In. The summed E-state index contributed by atoms with van der Waals surface area (Å²) in [6.07, 6.45) is 1.67. The maximum absolute atomic E-state index is 11.7. The van der Waals surface area contributed by atoms with Crippen LogP contribution in [0.2, 0.25) is 28.4 Å². The van der Waals surface area contributed by atoms with Gasteiger partial charge in [0, 0.05) is 0 Å². The van der Waals surface area contributed by atoms with E-state index in [0.717, 1.165) is 12.8 Å². The van der Waals surface area contributed by atoms with E-state index in [9.17, 15) is 8.78 Å². The molecule has 0 fully saturated rings. The van der Waals surface area contributed by atoms with Gasteiger partial charge in [0.05, 0.1) is 6.67 Å². The molecule has 0 amide bonds. The Bertz CT molecular complexity index is 124. The van der Waals surface area contributed by atoms with Gasteiger partial charge in [0.1, 0.15) is 0 Å². The van der Waals surface area contributed by atoms with E-state index in [0.29, 0.717) is 0 Å². The third-order valence-corrected chi connectivity index (χ3v) is 17.4. The van der Waals surface area contributed by atoms with Crippen molar-refractivity contribution in [2.45, 2.75) is 68.9 Å². The van der Waals surface area contributed by atoms with Gasteiger partial charge >= 0.3 is 65.3 Å². The quantitative estimate of drug-likeness (QED) is 0.423.